The predicted octanol–water partition coefficient (Wildman–Crippen LogP) is 3.79. The minimum Gasteiger partial charge on any atom is -0.336 e. The first-order chi connectivity index (χ1) is 9.16. The van der Waals surface area contributed by atoms with Crippen LogP contribution in [0.2, 0.25) is 0 Å². The second-order valence-electron chi connectivity index (χ2n) is 4.78. The van der Waals surface area contributed by atoms with Crippen molar-refractivity contribution in [3.05, 3.63) is 46.4 Å². The molecule has 1 aliphatic heterocycles. The summed E-state index contributed by atoms with van der Waals surface area (Å²) >= 11 is 3.49. The van der Waals surface area contributed by atoms with E-state index in [4.69, 9.17) is 0 Å². The summed E-state index contributed by atoms with van der Waals surface area (Å²) in [5, 5.41) is 1.91. The quantitative estimate of drug-likeness (QED) is 0.782. The van der Waals surface area contributed by atoms with Gasteiger partial charge >= 0.3 is 0 Å². The van der Waals surface area contributed by atoms with Crippen LogP contribution in [0.5, 0.6) is 0 Å². The van der Waals surface area contributed by atoms with Crippen molar-refractivity contribution in [3.63, 3.8) is 0 Å². The molecule has 0 saturated carbocycles. The largest absolute Gasteiger partial charge is 0.336 e. The first kappa shape index (κ1) is 12.6. The minimum atomic E-state index is -0.884. The number of rotatable bonds is 1. The molecule has 3 rings (SSSR count). The van der Waals surface area contributed by atoms with Crippen molar-refractivity contribution in [2.24, 2.45) is 0 Å². The van der Waals surface area contributed by atoms with Crippen molar-refractivity contribution >= 4 is 32.6 Å². The van der Waals surface area contributed by atoms with Crippen LogP contribution in [0, 0.1) is 0 Å². The standard InChI is InChI=1S/C15H13BrFNO/c16-14-6-2-3-11-12(14)4-1-5-13(11)15(19)18-8-7-10(17)9-18/h1-6,10H,7-9H2. The van der Waals surface area contributed by atoms with Gasteiger partial charge in [-0.05, 0) is 29.3 Å². The van der Waals surface area contributed by atoms with Gasteiger partial charge in [0.05, 0.1) is 6.54 Å². The number of likely N-dealkylation sites (tertiary alicyclic amines) is 1. The fraction of sp³-hybridized carbons (Fsp3) is 0.267. The van der Waals surface area contributed by atoms with Crippen LogP contribution in [0.4, 0.5) is 4.39 Å². The van der Waals surface area contributed by atoms with Gasteiger partial charge in [0.25, 0.3) is 5.91 Å². The summed E-state index contributed by atoms with van der Waals surface area (Å²) < 4.78 is 14.2. The maximum atomic E-state index is 13.2. The Hall–Kier alpha value is -1.42. The molecule has 98 valence electrons. The molecule has 0 aromatic heterocycles. The van der Waals surface area contributed by atoms with Gasteiger partial charge in [-0.25, -0.2) is 4.39 Å². The molecule has 1 fully saturated rings. The lowest BCUT2D eigenvalue weighted by atomic mass is 10.0. The first-order valence-corrected chi connectivity index (χ1v) is 7.06. The molecule has 19 heavy (non-hydrogen) atoms. The Bertz CT molecular complexity index is 643. The highest BCUT2D eigenvalue weighted by Gasteiger charge is 2.27. The molecule has 2 aromatic carbocycles. The van der Waals surface area contributed by atoms with Gasteiger partial charge in [-0.2, -0.15) is 0 Å². The monoisotopic (exact) mass is 321 g/mol. The fourth-order valence-corrected chi connectivity index (χ4v) is 3.03. The number of fused-ring (bicyclic) bond motifs is 1. The third-order valence-electron chi connectivity index (χ3n) is 3.52. The third kappa shape index (κ3) is 2.25. The highest BCUT2D eigenvalue weighted by Crippen LogP contribution is 2.28. The summed E-state index contributed by atoms with van der Waals surface area (Å²) in [4.78, 5) is 14.1. The number of hydrogen-bond acceptors (Lipinski definition) is 1. The Morgan fingerprint density at radius 1 is 1.21 bits per heavy atom. The van der Waals surface area contributed by atoms with E-state index in [9.17, 15) is 9.18 Å². The lowest BCUT2D eigenvalue weighted by molar-refractivity contribution is 0.0785. The van der Waals surface area contributed by atoms with Crippen molar-refractivity contribution in [2.45, 2.75) is 12.6 Å². The summed E-state index contributed by atoms with van der Waals surface area (Å²) in [6.45, 7) is 0.716. The van der Waals surface area contributed by atoms with Crippen molar-refractivity contribution in [2.75, 3.05) is 13.1 Å². The lowest BCUT2D eigenvalue weighted by Crippen LogP contribution is -2.29. The van der Waals surface area contributed by atoms with Gasteiger partial charge in [-0.1, -0.05) is 40.2 Å². The van der Waals surface area contributed by atoms with Gasteiger partial charge in [-0.15, -0.1) is 0 Å². The molecular weight excluding hydrogens is 309 g/mol. The summed E-state index contributed by atoms with van der Waals surface area (Å²) in [6.07, 6.45) is -0.439. The number of alkyl halides is 1. The molecule has 2 aromatic rings. The lowest BCUT2D eigenvalue weighted by Gasteiger charge is -2.16. The van der Waals surface area contributed by atoms with Gasteiger partial charge < -0.3 is 4.90 Å². The fourth-order valence-electron chi connectivity index (χ4n) is 2.53. The number of carbonyl (C=O) groups excluding carboxylic acids is 1. The zero-order chi connectivity index (χ0) is 13.4. The van der Waals surface area contributed by atoms with Crippen LogP contribution in [0.1, 0.15) is 16.8 Å². The second-order valence-corrected chi connectivity index (χ2v) is 5.63. The van der Waals surface area contributed by atoms with Crippen LogP contribution in [-0.4, -0.2) is 30.1 Å². The van der Waals surface area contributed by atoms with Gasteiger partial charge in [0.15, 0.2) is 0 Å². The topological polar surface area (TPSA) is 20.3 Å². The third-order valence-corrected chi connectivity index (χ3v) is 4.21. The molecule has 0 spiro atoms. The summed E-state index contributed by atoms with van der Waals surface area (Å²) in [6, 6.07) is 11.4. The van der Waals surface area contributed by atoms with Gasteiger partial charge in [-0.3, -0.25) is 4.79 Å². The van der Waals surface area contributed by atoms with Crippen LogP contribution in [0.15, 0.2) is 40.9 Å². The normalized spacial score (nSPS) is 19.1. The van der Waals surface area contributed by atoms with E-state index in [2.05, 4.69) is 15.9 Å². The molecule has 1 atom stereocenters. The number of hydrogen-bond donors (Lipinski definition) is 0. The van der Waals surface area contributed by atoms with Crippen molar-refractivity contribution in [1.29, 1.82) is 0 Å². The van der Waals surface area contributed by atoms with Crippen molar-refractivity contribution in [1.82, 2.24) is 4.90 Å². The highest BCUT2D eigenvalue weighted by molar-refractivity contribution is 9.10. The van der Waals surface area contributed by atoms with E-state index in [-0.39, 0.29) is 12.5 Å². The maximum Gasteiger partial charge on any atom is 0.254 e. The molecule has 1 aliphatic rings. The van der Waals surface area contributed by atoms with Crippen molar-refractivity contribution in [3.8, 4) is 0 Å². The summed E-state index contributed by atoms with van der Waals surface area (Å²) in [7, 11) is 0. The summed E-state index contributed by atoms with van der Waals surface area (Å²) in [5.41, 5.74) is 0.646. The van der Waals surface area contributed by atoms with Crippen LogP contribution >= 0.6 is 15.9 Å². The molecule has 0 N–H and O–H groups in total. The van der Waals surface area contributed by atoms with Crippen LogP contribution in [0.25, 0.3) is 10.8 Å². The minimum absolute atomic E-state index is 0.0798. The molecule has 1 heterocycles. The van der Waals surface area contributed by atoms with Gasteiger partial charge in [0.1, 0.15) is 6.17 Å². The van der Waals surface area contributed by atoms with Gasteiger partial charge in [0, 0.05) is 16.6 Å². The Balaban J connectivity index is 2.05. The number of halogens is 2. The van der Waals surface area contributed by atoms with Crippen LogP contribution < -0.4 is 0 Å². The second kappa shape index (κ2) is 4.93. The highest BCUT2D eigenvalue weighted by atomic mass is 79.9. The molecule has 2 nitrogen and oxygen atoms in total. The molecule has 1 unspecified atom stereocenters. The molecule has 1 saturated heterocycles. The predicted molar refractivity (Wildman–Crippen MR) is 77.1 cm³/mol. The SMILES string of the molecule is O=C(c1cccc2c(Br)cccc12)N1CCC(F)C1. The average Bonchev–Trinajstić information content (AvgIpc) is 2.85. The molecule has 4 heteroatoms. The molecular formula is C15H13BrFNO. The zero-order valence-corrected chi connectivity index (χ0v) is 11.9. The number of nitrogens with zero attached hydrogens (tertiary/aromatic N) is 1. The van der Waals surface area contributed by atoms with E-state index >= 15 is 0 Å². The van der Waals surface area contributed by atoms with Crippen LogP contribution in [0.3, 0.4) is 0 Å². The average molecular weight is 322 g/mol. The first-order valence-electron chi connectivity index (χ1n) is 6.27. The molecule has 0 bridgehead atoms. The molecule has 0 aliphatic carbocycles. The van der Waals surface area contributed by atoms with Crippen molar-refractivity contribution < 1.29 is 9.18 Å². The van der Waals surface area contributed by atoms with E-state index < -0.39 is 6.17 Å². The Labute approximate surface area is 119 Å². The van der Waals surface area contributed by atoms with E-state index in [0.717, 1.165) is 15.2 Å². The Morgan fingerprint density at radius 2 is 1.95 bits per heavy atom. The van der Waals surface area contributed by atoms with E-state index in [0.29, 0.717) is 18.5 Å². The number of carbonyl (C=O) groups is 1. The number of amides is 1. The van der Waals surface area contributed by atoms with E-state index in [1.54, 1.807) is 4.90 Å². The zero-order valence-electron chi connectivity index (χ0n) is 10.3. The smallest absolute Gasteiger partial charge is 0.254 e. The Morgan fingerprint density at radius 3 is 2.68 bits per heavy atom. The van der Waals surface area contributed by atoms with E-state index in [1.165, 1.54) is 0 Å². The van der Waals surface area contributed by atoms with Gasteiger partial charge in [0.2, 0.25) is 0 Å². The Kier molecular flexibility index (Phi) is 3.27. The molecule has 0 radical (unpaired) electrons. The van der Waals surface area contributed by atoms with Crippen LogP contribution in [-0.2, 0) is 0 Å². The maximum absolute atomic E-state index is 13.2. The molecule has 1 amide bonds. The number of benzene rings is 2. The summed E-state index contributed by atoms with van der Waals surface area (Å²) in [5.74, 6) is -0.0798. The van der Waals surface area contributed by atoms with E-state index in [1.807, 2.05) is 36.4 Å².